The molecule has 0 aliphatic carbocycles. The zero-order valence-electron chi connectivity index (χ0n) is 12.8. The van der Waals surface area contributed by atoms with E-state index in [-0.39, 0.29) is 5.97 Å². The van der Waals surface area contributed by atoms with E-state index in [9.17, 15) is 4.79 Å². The van der Waals surface area contributed by atoms with E-state index in [4.69, 9.17) is 9.47 Å². The number of carbonyl (C=O) groups is 1. The van der Waals surface area contributed by atoms with Gasteiger partial charge in [-0.3, -0.25) is 0 Å². The summed E-state index contributed by atoms with van der Waals surface area (Å²) in [5, 5.41) is 4.03. The Morgan fingerprint density at radius 1 is 1.22 bits per heavy atom. The highest BCUT2D eigenvalue weighted by Crippen LogP contribution is 2.30. The Bertz CT molecular complexity index is 827. The molecule has 0 bridgehead atoms. The fraction of sp³-hybridized carbons (Fsp3) is 0.176. The molecule has 2 aromatic carbocycles. The van der Waals surface area contributed by atoms with Gasteiger partial charge in [-0.15, -0.1) is 0 Å². The second-order valence-electron chi connectivity index (χ2n) is 4.78. The number of fused-ring (bicyclic) bond motifs is 1. The zero-order valence-corrected chi connectivity index (χ0v) is 13.6. The molecule has 1 N–H and O–H groups in total. The van der Waals surface area contributed by atoms with Crippen LogP contribution in [0.25, 0.3) is 10.2 Å². The first-order chi connectivity index (χ1) is 11.2. The summed E-state index contributed by atoms with van der Waals surface area (Å²) in [6.45, 7) is 2.16. The highest BCUT2D eigenvalue weighted by atomic mass is 32.1. The molecule has 0 spiro atoms. The number of esters is 1. The van der Waals surface area contributed by atoms with Crippen LogP contribution in [0.2, 0.25) is 0 Å². The first kappa shape index (κ1) is 15.3. The summed E-state index contributed by atoms with van der Waals surface area (Å²) in [4.78, 5) is 16.2. The van der Waals surface area contributed by atoms with Crippen molar-refractivity contribution in [2.24, 2.45) is 0 Å². The van der Waals surface area contributed by atoms with Crippen LogP contribution in [0.1, 0.15) is 17.3 Å². The van der Waals surface area contributed by atoms with E-state index in [1.54, 1.807) is 37.5 Å². The number of anilines is 2. The van der Waals surface area contributed by atoms with Crippen LogP contribution in [-0.4, -0.2) is 24.7 Å². The van der Waals surface area contributed by atoms with Crippen LogP contribution < -0.4 is 10.1 Å². The van der Waals surface area contributed by atoms with E-state index in [2.05, 4.69) is 10.3 Å². The molecule has 0 amide bonds. The van der Waals surface area contributed by atoms with Crippen molar-refractivity contribution in [2.45, 2.75) is 6.92 Å². The monoisotopic (exact) mass is 328 g/mol. The third-order valence-corrected chi connectivity index (χ3v) is 4.18. The molecule has 0 fully saturated rings. The summed E-state index contributed by atoms with van der Waals surface area (Å²) in [6.07, 6.45) is 0. The Hall–Kier alpha value is -2.60. The molecule has 0 unspecified atom stereocenters. The Morgan fingerprint density at radius 2 is 2.00 bits per heavy atom. The van der Waals surface area contributed by atoms with Gasteiger partial charge in [0.05, 0.1) is 29.5 Å². The van der Waals surface area contributed by atoms with Crippen LogP contribution in [0.4, 0.5) is 10.8 Å². The minimum Gasteiger partial charge on any atom is -0.497 e. The number of hydrogen-bond acceptors (Lipinski definition) is 6. The van der Waals surface area contributed by atoms with Crippen LogP contribution >= 0.6 is 11.3 Å². The molecule has 0 atom stereocenters. The Morgan fingerprint density at radius 3 is 2.70 bits per heavy atom. The van der Waals surface area contributed by atoms with Crippen molar-refractivity contribution in [2.75, 3.05) is 19.0 Å². The van der Waals surface area contributed by atoms with Crippen molar-refractivity contribution in [1.29, 1.82) is 0 Å². The van der Waals surface area contributed by atoms with Crippen molar-refractivity contribution in [3.63, 3.8) is 0 Å². The van der Waals surface area contributed by atoms with Crippen LogP contribution in [0, 0.1) is 0 Å². The Balaban J connectivity index is 1.77. The molecule has 0 saturated carbocycles. The maximum atomic E-state index is 11.6. The van der Waals surface area contributed by atoms with Gasteiger partial charge in [0.15, 0.2) is 5.13 Å². The van der Waals surface area contributed by atoms with Gasteiger partial charge < -0.3 is 14.8 Å². The lowest BCUT2D eigenvalue weighted by Gasteiger charge is -2.04. The molecule has 1 aromatic heterocycles. The van der Waals surface area contributed by atoms with Gasteiger partial charge in [0.2, 0.25) is 0 Å². The van der Waals surface area contributed by atoms with Crippen molar-refractivity contribution < 1.29 is 14.3 Å². The van der Waals surface area contributed by atoms with Gasteiger partial charge >= 0.3 is 5.97 Å². The third-order valence-electron chi connectivity index (χ3n) is 3.24. The van der Waals surface area contributed by atoms with E-state index in [1.807, 2.05) is 30.3 Å². The van der Waals surface area contributed by atoms with Crippen molar-refractivity contribution in [3.8, 4) is 5.75 Å². The molecule has 6 heteroatoms. The summed E-state index contributed by atoms with van der Waals surface area (Å²) in [5.41, 5.74) is 2.32. The second-order valence-corrected chi connectivity index (χ2v) is 5.81. The Labute approximate surface area is 137 Å². The number of thiazole rings is 1. The standard InChI is InChI=1S/C17H16N2O3S/c1-3-22-16(20)11-4-6-12(7-5-11)18-17-19-14-9-8-13(21-2)10-15(14)23-17/h4-10H,3H2,1-2H3,(H,18,19). The molecule has 1 heterocycles. The van der Waals surface area contributed by atoms with E-state index < -0.39 is 0 Å². The molecule has 5 nitrogen and oxygen atoms in total. The predicted octanol–water partition coefficient (Wildman–Crippen LogP) is 4.23. The summed E-state index contributed by atoms with van der Waals surface area (Å²) >= 11 is 1.55. The van der Waals surface area contributed by atoms with Crippen LogP contribution in [0.5, 0.6) is 5.75 Å². The lowest BCUT2D eigenvalue weighted by Crippen LogP contribution is -2.04. The minimum absolute atomic E-state index is 0.314. The largest absolute Gasteiger partial charge is 0.497 e. The summed E-state index contributed by atoms with van der Waals surface area (Å²) in [5.74, 6) is 0.498. The first-order valence-corrected chi connectivity index (χ1v) is 8.00. The van der Waals surface area contributed by atoms with E-state index in [1.165, 1.54) is 0 Å². The molecule has 3 rings (SSSR count). The minimum atomic E-state index is -0.314. The topological polar surface area (TPSA) is 60.5 Å². The van der Waals surface area contributed by atoms with Crippen LogP contribution in [-0.2, 0) is 4.74 Å². The van der Waals surface area contributed by atoms with Crippen LogP contribution in [0.15, 0.2) is 42.5 Å². The van der Waals surface area contributed by atoms with Gasteiger partial charge in [0.25, 0.3) is 0 Å². The molecule has 0 radical (unpaired) electrons. The average Bonchev–Trinajstić information content (AvgIpc) is 2.96. The first-order valence-electron chi connectivity index (χ1n) is 7.18. The normalized spacial score (nSPS) is 10.5. The van der Waals surface area contributed by atoms with Crippen molar-refractivity contribution >= 4 is 38.3 Å². The van der Waals surface area contributed by atoms with E-state index in [0.29, 0.717) is 12.2 Å². The van der Waals surface area contributed by atoms with Gasteiger partial charge in [0.1, 0.15) is 5.75 Å². The number of nitrogens with zero attached hydrogens (tertiary/aromatic N) is 1. The maximum Gasteiger partial charge on any atom is 0.338 e. The maximum absolute atomic E-state index is 11.6. The van der Waals surface area contributed by atoms with Crippen LogP contribution in [0.3, 0.4) is 0 Å². The molecular weight excluding hydrogens is 312 g/mol. The fourth-order valence-corrected chi connectivity index (χ4v) is 3.03. The van der Waals surface area contributed by atoms with Gasteiger partial charge in [-0.05, 0) is 49.4 Å². The fourth-order valence-electron chi connectivity index (χ4n) is 2.11. The molecular formula is C17H16N2O3S. The summed E-state index contributed by atoms with van der Waals surface area (Å²) in [6, 6.07) is 12.9. The summed E-state index contributed by atoms with van der Waals surface area (Å²) < 4.78 is 11.2. The van der Waals surface area contributed by atoms with Gasteiger partial charge in [-0.25, -0.2) is 9.78 Å². The lowest BCUT2D eigenvalue weighted by molar-refractivity contribution is 0.0526. The zero-order chi connectivity index (χ0) is 16.2. The van der Waals surface area contributed by atoms with Crippen molar-refractivity contribution in [1.82, 2.24) is 4.98 Å². The smallest absolute Gasteiger partial charge is 0.338 e. The number of hydrogen-bond donors (Lipinski definition) is 1. The second kappa shape index (κ2) is 6.66. The number of rotatable bonds is 5. The molecule has 0 saturated heterocycles. The quantitative estimate of drug-likeness (QED) is 0.710. The third kappa shape index (κ3) is 3.43. The van der Waals surface area contributed by atoms with E-state index >= 15 is 0 Å². The van der Waals surface area contributed by atoms with Gasteiger partial charge in [0, 0.05) is 5.69 Å². The molecule has 23 heavy (non-hydrogen) atoms. The predicted molar refractivity (Wildman–Crippen MR) is 91.9 cm³/mol. The number of nitrogens with one attached hydrogen (secondary N) is 1. The van der Waals surface area contributed by atoms with Crippen molar-refractivity contribution in [3.05, 3.63) is 48.0 Å². The highest BCUT2D eigenvalue weighted by molar-refractivity contribution is 7.22. The SMILES string of the molecule is CCOC(=O)c1ccc(Nc2nc3ccc(OC)cc3s2)cc1. The average molecular weight is 328 g/mol. The molecule has 0 aliphatic heterocycles. The number of ether oxygens (including phenoxy) is 2. The number of benzene rings is 2. The number of aromatic nitrogens is 1. The Kier molecular flexibility index (Phi) is 4.43. The number of carbonyl (C=O) groups excluding carboxylic acids is 1. The summed E-state index contributed by atoms with van der Waals surface area (Å²) in [7, 11) is 1.65. The van der Waals surface area contributed by atoms with Gasteiger partial charge in [-0.2, -0.15) is 0 Å². The lowest BCUT2D eigenvalue weighted by atomic mass is 10.2. The van der Waals surface area contributed by atoms with E-state index in [0.717, 1.165) is 26.8 Å². The highest BCUT2D eigenvalue weighted by Gasteiger charge is 2.08. The van der Waals surface area contributed by atoms with Gasteiger partial charge in [-0.1, -0.05) is 11.3 Å². The molecule has 118 valence electrons. The molecule has 3 aromatic rings. The number of methoxy groups -OCH3 is 1. The molecule has 0 aliphatic rings.